The van der Waals surface area contributed by atoms with Gasteiger partial charge in [0.2, 0.25) is 11.9 Å². The lowest BCUT2D eigenvalue weighted by Crippen LogP contribution is -2.36. The second-order valence-corrected chi connectivity index (χ2v) is 22.7. The highest BCUT2D eigenvalue weighted by atomic mass is 32.2. The van der Waals surface area contributed by atoms with Crippen LogP contribution in [0.15, 0.2) is 47.4 Å². The molecular formula is C62H99N7O17S. The van der Waals surface area contributed by atoms with Crippen molar-refractivity contribution in [1.82, 2.24) is 30.5 Å². The number of aromatic nitrogens is 3. The molecular weight excluding hydrogens is 1150 g/mol. The van der Waals surface area contributed by atoms with Gasteiger partial charge < -0.3 is 82.8 Å². The lowest BCUT2D eigenvalue weighted by atomic mass is 9.95. The maximum Gasteiger partial charge on any atom is 0.315 e. The monoisotopic (exact) mass is 1250 g/mol. The van der Waals surface area contributed by atoms with E-state index in [2.05, 4.69) is 26.3 Å². The Bertz CT molecular complexity index is 2400. The molecule has 2 saturated carbocycles. The molecule has 2 saturated heterocycles. The Morgan fingerprint density at radius 2 is 1.15 bits per heavy atom. The standard InChI is InChI=1S/C35H49N5O8.C27H50N2O9S/c1-2-43-15-16-45-19-20-47-22-21-46-18-17-44-13-11-32(41)36-12-14-48-30-8-6-29(7-9-30)38-35-37-25-28-5-10-33(42)40(34(28)39-35)31-24-26-3-4-27(31)23-26;1-2-32-10-11-34-14-15-36-18-19-38-21-20-37-17-16-35-13-12-33-9-5-7-23(30)6-3-4-8-25-26-24(22-39-25)28-27(31)29-26/h5-10,25-27,31H,2-4,11-24H2,1H3,(H,36,41)(H,37,38,39);24-26H,2-22H2,1H3,(H2,28,29,31)/t;24-,25-,26-/m.0/s1. The van der Waals surface area contributed by atoms with Crippen LogP contribution in [-0.4, -0.2) is 227 Å². The van der Waals surface area contributed by atoms with Crippen molar-refractivity contribution in [2.75, 3.05) is 183 Å². The van der Waals surface area contributed by atoms with E-state index in [0.717, 1.165) is 54.8 Å². The minimum absolute atomic E-state index is 0.00161. The summed E-state index contributed by atoms with van der Waals surface area (Å²) in [4.78, 5) is 57.8. The number of hydrogen-bond donors (Lipinski definition) is 4. The Kier molecular flexibility index (Phi) is 36.8. The van der Waals surface area contributed by atoms with E-state index in [1.165, 1.54) is 19.3 Å². The van der Waals surface area contributed by atoms with Crippen molar-refractivity contribution < 1.29 is 76.0 Å². The van der Waals surface area contributed by atoms with Gasteiger partial charge in [-0.25, -0.2) is 9.78 Å². The number of nitrogens with zero attached hydrogens (tertiary/aromatic N) is 3. The minimum atomic E-state index is -0.0998. The molecule has 490 valence electrons. The molecule has 2 aliphatic carbocycles. The third kappa shape index (κ3) is 29.3. The van der Waals surface area contributed by atoms with Gasteiger partial charge in [0, 0.05) is 79.5 Å². The molecule has 3 aromatic rings. The molecule has 25 heteroatoms. The van der Waals surface area contributed by atoms with Crippen LogP contribution in [-0.2, 0) is 66.4 Å². The van der Waals surface area contributed by atoms with E-state index < -0.39 is 0 Å². The Morgan fingerprint density at radius 3 is 1.70 bits per heavy atom. The highest BCUT2D eigenvalue weighted by molar-refractivity contribution is 8.00. The highest BCUT2D eigenvalue weighted by Gasteiger charge is 2.43. The van der Waals surface area contributed by atoms with Crippen molar-refractivity contribution in [3.05, 3.63) is 52.9 Å². The first-order valence-corrected chi connectivity index (χ1v) is 32.6. The van der Waals surface area contributed by atoms with Crippen molar-refractivity contribution in [3.63, 3.8) is 0 Å². The van der Waals surface area contributed by atoms with Crippen molar-refractivity contribution >= 4 is 52.2 Å². The van der Waals surface area contributed by atoms with Crippen LogP contribution in [0, 0.1) is 11.8 Å². The van der Waals surface area contributed by atoms with E-state index >= 15 is 0 Å². The van der Waals surface area contributed by atoms with E-state index in [-0.39, 0.29) is 42.0 Å². The Hall–Kier alpha value is -4.61. The van der Waals surface area contributed by atoms with Gasteiger partial charge in [-0.2, -0.15) is 16.7 Å². The van der Waals surface area contributed by atoms with Crippen LogP contribution in [0.25, 0.3) is 11.0 Å². The van der Waals surface area contributed by atoms with E-state index in [0.29, 0.717) is 219 Å². The molecule has 4 N–H and O–H groups in total. The van der Waals surface area contributed by atoms with Crippen LogP contribution in [0.5, 0.6) is 5.75 Å². The third-order valence-electron chi connectivity index (χ3n) is 15.0. The van der Waals surface area contributed by atoms with Crippen LogP contribution in [0.1, 0.15) is 90.5 Å². The van der Waals surface area contributed by atoms with E-state index in [1.807, 2.05) is 54.4 Å². The zero-order chi connectivity index (χ0) is 61.2. The molecule has 2 bridgehead atoms. The molecule has 3 amide bonds. The average Bonchev–Trinajstić information content (AvgIpc) is 2.11. The number of ketones is 1. The van der Waals surface area contributed by atoms with Gasteiger partial charge in [0.15, 0.2) is 0 Å². The quantitative estimate of drug-likeness (QED) is 0.0368. The summed E-state index contributed by atoms with van der Waals surface area (Å²) < 4.78 is 72.5. The Morgan fingerprint density at radius 1 is 0.598 bits per heavy atom. The number of benzene rings is 1. The largest absolute Gasteiger partial charge is 0.492 e. The molecule has 87 heavy (non-hydrogen) atoms. The van der Waals surface area contributed by atoms with Crippen molar-refractivity contribution in [2.24, 2.45) is 11.8 Å². The molecule has 0 radical (unpaired) electrons. The number of thioether (sulfide) groups is 1. The maximum atomic E-state index is 12.9. The van der Waals surface area contributed by atoms with Crippen LogP contribution < -0.4 is 31.6 Å². The summed E-state index contributed by atoms with van der Waals surface area (Å²) in [6.07, 6.45) is 11.7. The number of carbonyl (C=O) groups excluding carboxylic acids is 3. The van der Waals surface area contributed by atoms with Gasteiger partial charge in [-0.15, -0.1) is 0 Å². The molecule has 6 atom stereocenters. The normalized spacial score (nSPS) is 19.2. The molecule has 2 aromatic heterocycles. The first-order valence-electron chi connectivity index (χ1n) is 31.6. The van der Waals surface area contributed by atoms with Crippen LogP contribution >= 0.6 is 11.8 Å². The molecule has 0 spiro atoms. The fraction of sp³-hybridized carbons (Fsp3) is 0.742. The molecule has 7 rings (SSSR count). The number of pyridine rings is 1. The smallest absolute Gasteiger partial charge is 0.315 e. The van der Waals surface area contributed by atoms with Crippen LogP contribution in [0.2, 0.25) is 0 Å². The fourth-order valence-corrected chi connectivity index (χ4v) is 12.2. The number of rotatable bonds is 51. The summed E-state index contributed by atoms with van der Waals surface area (Å²) in [5, 5.41) is 13.4. The molecule has 4 heterocycles. The number of hydrogen-bond acceptors (Lipinski definition) is 21. The third-order valence-corrected chi connectivity index (χ3v) is 16.5. The summed E-state index contributed by atoms with van der Waals surface area (Å²) >= 11 is 1.92. The highest BCUT2D eigenvalue weighted by Crippen LogP contribution is 2.50. The first kappa shape index (κ1) is 71.5. The number of urea groups is 1. The number of fused-ring (bicyclic) bond motifs is 4. The Labute approximate surface area is 517 Å². The summed E-state index contributed by atoms with van der Waals surface area (Å²) in [6, 6.07) is 11.6. The Balaban J connectivity index is 0.000000285. The number of carbonyl (C=O) groups is 3. The summed E-state index contributed by atoms with van der Waals surface area (Å²) in [6.45, 7) is 17.5. The SMILES string of the molecule is CCOCCOCCOCCOCCOCCC(=O)NCCOc1ccc(Nc2ncc3ccc(=O)n(C4CC5CCC4C5)c3n2)cc1.CCOCCOCCOCCOCCOCCOCCOCCCC(=O)CCCC[C@@H]1SC[C@@H]2NC(=O)N[C@@H]21. The van der Waals surface area contributed by atoms with Gasteiger partial charge in [-0.3, -0.25) is 19.0 Å². The van der Waals surface area contributed by atoms with Gasteiger partial charge in [0.25, 0.3) is 5.56 Å². The number of ether oxygens (including phenoxy) is 13. The number of nitrogens with one attached hydrogen (secondary N) is 4. The molecule has 4 aliphatic rings. The predicted molar refractivity (Wildman–Crippen MR) is 331 cm³/mol. The lowest BCUT2D eigenvalue weighted by Gasteiger charge is -2.25. The lowest BCUT2D eigenvalue weighted by molar-refractivity contribution is -0.122. The molecule has 4 fully saturated rings. The predicted octanol–water partition coefficient (Wildman–Crippen LogP) is 6.08. The first-order chi connectivity index (χ1) is 42.8. The number of Topliss-reactive ketones (excluding diaryl/α,β-unsaturated/α-hetero) is 1. The zero-order valence-electron chi connectivity index (χ0n) is 51.6. The van der Waals surface area contributed by atoms with Gasteiger partial charge in [-0.1, -0.05) is 12.8 Å². The second-order valence-electron chi connectivity index (χ2n) is 21.4. The van der Waals surface area contributed by atoms with Crippen LogP contribution in [0.3, 0.4) is 0 Å². The average molecular weight is 1250 g/mol. The van der Waals surface area contributed by atoms with E-state index in [9.17, 15) is 19.2 Å². The van der Waals surface area contributed by atoms with Gasteiger partial charge in [0.05, 0.1) is 157 Å². The van der Waals surface area contributed by atoms with Crippen molar-refractivity contribution in [1.29, 1.82) is 0 Å². The van der Waals surface area contributed by atoms with Gasteiger partial charge in [-0.05, 0) is 94.5 Å². The van der Waals surface area contributed by atoms with Crippen LogP contribution in [0.4, 0.5) is 16.4 Å². The number of amides is 3. The number of anilines is 2. The van der Waals surface area contributed by atoms with E-state index in [4.69, 9.17) is 66.6 Å². The second kappa shape index (κ2) is 44.8. The molecule has 3 unspecified atom stereocenters. The molecule has 24 nitrogen and oxygen atoms in total. The van der Waals surface area contributed by atoms with Gasteiger partial charge in [0.1, 0.15) is 23.8 Å². The topological polar surface area (TPSA) is 267 Å². The minimum Gasteiger partial charge on any atom is -0.492 e. The maximum absolute atomic E-state index is 12.9. The molecule has 2 aliphatic heterocycles. The van der Waals surface area contributed by atoms with E-state index in [1.54, 1.807) is 18.3 Å². The molecule has 1 aromatic carbocycles. The number of unbranched alkanes of at least 4 members (excludes halogenated alkanes) is 1. The zero-order valence-corrected chi connectivity index (χ0v) is 52.4. The van der Waals surface area contributed by atoms with Crippen molar-refractivity contribution in [3.8, 4) is 5.75 Å². The van der Waals surface area contributed by atoms with Gasteiger partial charge >= 0.3 is 6.03 Å². The summed E-state index contributed by atoms with van der Waals surface area (Å²) in [5.41, 5.74) is 1.49. The van der Waals surface area contributed by atoms with Crippen molar-refractivity contribution in [2.45, 2.75) is 108 Å². The summed E-state index contributed by atoms with van der Waals surface area (Å²) in [5.74, 6) is 3.58. The summed E-state index contributed by atoms with van der Waals surface area (Å²) in [7, 11) is 0. The fourth-order valence-electron chi connectivity index (χ4n) is 10.6.